The number of hydrogen-bond donors (Lipinski definition) is 2. The third-order valence-corrected chi connectivity index (χ3v) is 4.62. The first-order valence-corrected chi connectivity index (χ1v) is 9.09. The highest BCUT2D eigenvalue weighted by Crippen LogP contribution is 2.25. The predicted octanol–water partition coefficient (Wildman–Crippen LogP) is 3.19. The van der Waals surface area contributed by atoms with Crippen LogP contribution in [0, 0.1) is 10.1 Å². The highest BCUT2D eigenvalue weighted by Gasteiger charge is 2.25. The summed E-state index contributed by atoms with van der Waals surface area (Å²) in [4.78, 5) is 32.8. The number of aromatic amines is 1. The summed E-state index contributed by atoms with van der Waals surface area (Å²) in [6, 6.07) is 13.2. The third kappa shape index (κ3) is 3.58. The van der Waals surface area contributed by atoms with Crippen LogP contribution in [0.15, 0.2) is 48.7 Å². The van der Waals surface area contributed by atoms with Crippen molar-refractivity contribution in [1.82, 2.24) is 19.7 Å². The van der Waals surface area contributed by atoms with Gasteiger partial charge in [-0.25, -0.2) is 4.98 Å². The number of nitrogens with zero attached hydrogens (tertiary/aromatic N) is 5. The van der Waals surface area contributed by atoms with E-state index in [2.05, 4.69) is 20.4 Å². The first-order chi connectivity index (χ1) is 14.3. The second-order valence-corrected chi connectivity index (χ2v) is 7.01. The van der Waals surface area contributed by atoms with Crippen LogP contribution in [-0.2, 0) is 7.05 Å². The molecule has 0 unspecified atom stereocenters. The van der Waals surface area contributed by atoms with Crippen LogP contribution in [0.2, 0.25) is 0 Å². The molecule has 0 fully saturated rings. The normalized spacial score (nSPS) is 10.9. The minimum Gasteiger partial charge on any atom is -0.378 e. The molecule has 0 saturated heterocycles. The van der Waals surface area contributed by atoms with Gasteiger partial charge in [0.15, 0.2) is 0 Å². The molecular formula is C20H19N7O3. The number of benzene rings is 2. The maximum absolute atomic E-state index is 12.5. The lowest BCUT2D eigenvalue weighted by atomic mass is 10.2. The lowest BCUT2D eigenvalue weighted by Crippen LogP contribution is -2.14. The van der Waals surface area contributed by atoms with E-state index in [1.165, 1.54) is 17.9 Å². The van der Waals surface area contributed by atoms with E-state index in [0.29, 0.717) is 11.5 Å². The predicted molar refractivity (Wildman–Crippen MR) is 114 cm³/mol. The maximum Gasteiger partial charge on any atom is 0.320 e. The minimum absolute atomic E-state index is 0.242. The molecule has 2 N–H and O–H groups in total. The number of amides is 1. The Morgan fingerprint density at radius 3 is 2.60 bits per heavy atom. The van der Waals surface area contributed by atoms with Crippen molar-refractivity contribution in [2.75, 3.05) is 24.3 Å². The molecule has 0 aliphatic carbocycles. The van der Waals surface area contributed by atoms with E-state index in [4.69, 9.17) is 0 Å². The Morgan fingerprint density at radius 2 is 1.93 bits per heavy atom. The van der Waals surface area contributed by atoms with E-state index in [0.717, 1.165) is 22.3 Å². The summed E-state index contributed by atoms with van der Waals surface area (Å²) >= 11 is 0. The van der Waals surface area contributed by atoms with Crippen LogP contribution < -0.4 is 10.2 Å². The van der Waals surface area contributed by atoms with Gasteiger partial charge in [0.05, 0.1) is 16.0 Å². The summed E-state index contributed by atoms with van der Waals surface area (Å²) in [6.07, 6.45) is 1.20. The van der Waals surface area contributed by atoms with Gasteiger partial charge in [-0.15, -0.1) is 0 Å². The number of fused-ring (bicyclic) bond motifs is 1. The molecule has 0 saturated carbocycles. The van der Waals surface area contributed by atoms with Gasteiger partial charge in [-0.2, -0.15) is 5.10 Å². The quantitative estimate of drug-likeness (QED) is 0.388. The standard InChI is InChI=1S/C20H19N7O3/c1-25(2)14-7-4-12(5-8-14)19-22-15-9-6-13(10-16(15)23-19)21-20(28)18-17(27(29)30)11-26(3)24-18/h4-11H,1-3H3,(H,21,28)(H,22,23). The van der Waals surface area contributed by atoms with E-state index < -0.39 is 10.8 Å². The molecule has 0 atom stereocenters. The van der Waals surface area contributed by atoms with E-state index in [9.17, 15) is 14.9 Å². The van der Waals surface area contributed by atoms with E-state index in [-0.39, 0.29) is 11.4 Å². The molecule has 2 aromatic carbocycles. The molecule has 0 aliphatic rings. The number of carbonyl (C=O) groups excluding carboxylic acids is 1. The van der Waals surface area contributed by atoms with E-state index >= 15 is 0 Å². The maximum atomic E-state index is 12.5. The van der Waals surface area contributed by atoms with Gasteiger partial charge in [-0.1, -0.05) is 0 Å². The topological polar surface area (TPSA) is 122 Å². The molecular weight excluding hydrogens is 386 g/mol. The van der Waals surface area contributed by atoms with Gasteiger partial charge in [0.25, 0.3) is 5.91 Å². The van der Waals surface area contributed by atoms with Crippen LogP contribution in [0.4, 0.5) is 17.1 Å². The zero-order valence-electron chi connectivity index (χ0n) is 16.6. The summed E-state index contributed by atoms with van der Waals surface area (Å²) in [5.41, 5.74) is 3.38. The lowest BCUT2D eigenvalue weighted by Gasteiger charge is -2.11. The molecule has 0 aliphatic heterocycles. The van der Waals surface area contributed by atoms with Crippen LogP contribution >= 0.6 is 0 Å². The van der Waals surface area contributed by atoms with Gasteiger partial charge in [0, 0.05) is 38.1 Å². The van der Waals surface area contributed by atoms with Gasteiger partial charge < -0.3 is 15.2 Å². The highest BCUT2D eigenvalue weighted by molar-refractivity contribution is 6.06. The summed E-state index contributed by atoms with van der Waals surface area (Å²) in [5, 5.41) is 17.7. The molecule has 1 amide bonds. The van der Waals surface area contributed by atoms with Gasteiger partial charge >= 0.3 is 5.69 Å². The van der Waals surface area contributed by atoms with E-state index in [1.807, 2.05) is 43.3 Å². The molecule has 4 rings (SSSR count). The average Bonchev–Trinajstić information content (AvgIpc) is 3.31. The number of rotatable bonds is 5. The summed E-state index contributed by atoms with van der Waals surface area (Å²) in [6.45, 7) is 0. The molecule has 152 valence electrons. The van der Waals surface area contributed by atoms with Gasteiger partial charge in [-0.3, -0.25) is 19.6 Å². The van der Waals surface area contributed by atoms with Crippen LogP contribution in [0.5, 0.6) is 0 Å². The second kappa shape index (κ2) is 7.32. The number of imidazole rings is 1. The zero-order valence-corrected chi connectivity index (χ0v) is 16.6. The number of anilines is 2. The summed E-state index contributed by atoms with van der Waals surface area (Å²) in [7, 11) is 5.48. The van der Waals surface area contributed by atoms with Crippen molar-refractivity contribution in [3.63, 3.8) is 0 Å². The fraction of sp³-hybridized carbons (Fsp3) is 0.150. The number of aryl methyl sites for hydroxylation is 1. The number of nitro groups is 1. The van der Waals surface area contributed by atoms with E-state index in [1.54, 1.807) is 18.2 Å². The van der Waals surface area contributed by atoms with Crippen LogP contribution in [0.25, 0.3) is 22.4 Å². The second-order valence-electron chi connectivity index (χ2n) is 7.01. The number of carbonyl (C=O) groups is 1. The Morgan fingerprint density at radius 1 is 1.20 bits per heavy atom. The monoisotopic (exact) mass is 405 g/mol. The molecule has 10 nitrogen and oxygen atoms in total. The molecule has 10 heteroatoms. The van der Waals surface area contributed by atoms with Crippen molar-refractivity contribution in [1.29, 1.82) is 0 Å². The zero-order chi connectivity index (χ0) is 21.4. The average molecular weight is 405 g/mol. The first kappa shape index (κ1) is 19.1. The van der Waals surface area contributed by atoms with Crippen molar-refractivity contribution < 1.29 is 9.72 Å². The third-order valence-electron chi connectivity index (χ3n) is 4.62. The van der Waals surface area contributed by atoms with Gasteiger partial charge in [0.1, 0.15) is 12.0 Å². The Balaban J connectivity index is 1.60. The molecule has 30 heavy (non-hydrogen) atoms. The van der Waals surface area contributed by atoms with Gasteiger partial charge in [0.2, 0.25) is 5.69 Å². The molecule has 0 spiro atoms. The lowest BCUT2D eigenvalue weighted by molar-refractivity contribution is -0.385. The Kier molecular flexibility index (Phi) is 4.66. The van der Waals surface area contributed by atoms with Crippen molar-refractivity contribution in [2.45, 2.75) is 0 Å². The Bertz CT molecular complexity index is 1260. The van der Waals surface area contributed by atoms with Crippen molar-refractivity contribution in [3.8, 4) is 11.4 Å². The fourth-order valence-corrected chi connectivity index (χ4v) is 3.10. The number of hydrogen-bond acceptors (Lipinski definition) is 6. The Hall–Kier alpha value is -4.21. The van der Waals surface area contributed by atoms with Crippen LogP contribution in [0.1, 0.15) is 10.5 Å². The van der Waals surface area contributed by atoms with Crippen LogP contribution in [0.3, 0.4) is 0 Å². The largest absolute Gasteiger partial charge is 0.378 e. The first-order valence-electron chi connectivity index (χ1n) is 9.09. The number of nitrogens with one attached hydrogen (secondary N) is 2. The van der Waals surface area contributed by atoms with Crippen molar-refractivity contribution >= 4 is 34.0 Å². The Labute approximate surface area is 171 Å². The summed E-state index contributed by atoms with van der Waals surface area (Å²) < 4.78 is 1.24. The number of H-pyrrole nitrogens is 1. The molecule has 2 aromatic heterocycles. The number of aromatic nitrogens is 4. The molecule has 4 aromatic rings. The van der Waals surface area contributed by atoms with Crippen LogP contribution in [-0.4, -0.2) is 44.7 Å². The highest BCUT2D eigenvalue weighted by atomic mass is 16.6. The summed E-state index contributed by atoms with van der Waals surface area (Å²) in [5.74, 6) is 0.0554. The molecule has 0 bridgehead atoms. The SMILES string of the molecule is CN(C)c1ccc(-c2nc3ccc(NC(=O)c4nn(C)cc4[N+](=O)[O-])cc3[nH]2)cc1. The molecule has 0 radical (unpaired) electrons. The van der Waals surface area contributed by atoms with Crippen molar-refractivity contribution in [3.05, 3.63) is 64.5 Å². The smallest absolute Gasteiger partial charge is 0.320 e. The molecule has 2 heterocycles. The minimum atomic E-state index is -0.652. The fourth-order valence-electron chi connectivity index (χ4n) is 3.10. The van der Waals surface area contributed by atoms with Gasteiger partial charge in [-0.05, 0) is 42.5 Å². The van der Waals surface area contributed by atoms with Crippen molar-refractivity contribution in [2.24, 2.45) is 7.05 Å².